The number of thioether (sulfide) groups is 1. The minimum Gasteiger partial charge on any atom is -0.416 e. The van der Waals surface area contributed by atoms with E-state index in [4.69, 9.17) is 4.42 Å². The van der Waals surface area contributed by atoms with Gasteiger partial charge >= 0.3 is 0 Å². The van der Waals surface area contributed by atoms with Crippen LogP contribution in [0.25, 0.3) is 10.2 Å². The number of benzene rings is 1. The molecule has 12 heteroatoms. The van der Waals surface area contributed by atoms with Crippen molar-refractivity contribution in [3.05, 3.63) is 35.2 Å². The number of sulfonamides is 1. The SMILES string of the molecule is CS(=O)(=O)N1CCN(C(=O)CSc2nnc(CCc3nc4ccccc4s3)o2)CC1. The van der Waals surface area contributed by atoms with Crippen molar-refractivity contribution in [2.75, 3.05) is 38.2 Å². The second kappa shape index (κ2) is 9.00. The Kier molecular flexibility index (Phi) is 6.37. The molecular formula is C18H21N5O4S3. The molecule has 30 heavy (non-hydrogen) atoms. The second-order valence-corrected chi connectivity index (χ2v) is 10.9. The summed E-state index contributed by atoms with van der Waals surface area (Å²) in [5.41, 5.74) is 0.996. The van der Waals surface area contributed by atoms with Crippen LogP contribution >= 0.6 is 23.1 Å². The summed E-state index contributed by atoms with van der Waals surface area (Å²) >= 11 is 2.86. The Hall–Kier alpha value is -2.02. The fourth-order valence-electron chi connectivity index (χ4n) is 3.12. The number of piperazine rings is 1. The number of aryl methyl sites for hydroxylation is 2. The lowest BCUT2D eigenvalue weighted by atomic mass is 10.3. The summed E-state index contributed by atoms with van der Waals surface area (Å²) in [4.78, 5) is 18.6. The number of aromatic nitrogens is 3. The predicted octanol–water partition coefficient (Wildman–Crippen LogP) is 1.66. The van der Waals surface area contributed by atoms with Gasteiger partial charge in [-0.1, -0.05) is 23.9 Å². The maximum Gasteiger partial charge on any atom is 0.277 e. The van der Waals surface area contributed by atoms with Crippen LogP contribution in [-0.4, -0.2) is 76.9 Å². The van der Waals surface area contributed by atoms with Crippen molar-refractivity contribution in [3.63, 3.8) is 0 Å². The molecule has 0 atom stereocenters. The zero-order chi connectivity index (χ0) is 21.1. The van der Waals surface area contributed by atoms with Gasteiger partial charge in [0.2, 0.25) is 21.8 Å². The number of rotatable bonds is 7. The van der Waals surface area contributed by atoms with Crippen molar-refractivity contribution in [3.8, 4) is 0 Å². The first-order valence-corrected chi connectivity index (χ1v) is 13.1. The Labute approximate surface area is 182 Å². The van der Waals surface area contributed by atoms with Crippen molar-refractivity contribution in [2.24, 2.45) is 0 Å². The second-order valence-electron chi connectivity index (χ2n) is 6.87. The first-order valence-electron chi connectivity index (χ1n) is 9.41. The number of fused-ring (bicyclic) bond motifs is 1. The lowest BCUT2D eigenvalue weighted by Gasteiger charge is -2.33. The number of carbonyl (C=O) groups excluding carboxylic acids is 1. The van der Waals surface area contributed by atoms with E-state index in [9.17, 15) is 13.2 Å². The number of para-hydroxylation sites is 1. The van der Waals surface area contributed by atoms with Crippen LogP contribution < -0.4 is 0 Å². The number of hydrogen-bond acceptors (Lipinski definition) is 9. The highest BCUT2D eigenvalue weighted by Gasteiger charge is 2.26. The molecule has 3 heterocycles. The maximum atomic E-state index is 12.4. The summed E-state index contributed by atoms with van der Waals surface area (Å²) in [6.45, 7) is 1.44. The standard InChI is InChI=1S/C18H21N5O4S3/c1-30(25,26)23-10-8-22(9-11-23)17(24)12-28-18-21-20-15(27-18)6-7-16-19-13-4-2-3-5-14(13)29-16/h2-5H,6-12H2,1H3. The van der Waals surface area contributed by atoms with Crippen molar-refractivity contribution < 1.29 is 17.6 Å². The number of amides is 1. The minimum atomic E-state index is -3.21. The Balaban J connectivity index is 1.24. The number of carbonyl (C=O) groups is 1. The van der Waals surface area contributed by atoms with Crippen molar-refractivity contribution in [1.29, 1.82) is 0 Å². The molecule has 1 aliphatic rings. The van der Waals surface area contributed by atoms with E-state index in [0.717, 1.165) is 21.6 Å². The maximum absolute atomic E-state index is 12.4. The van der Waals surface area contributed by atoms with E-state index >= 15 is 0 Å². The summed E-state index contributed by atoms with van der Waals surface area (Å²) in [5.74, 6) is 0.631. The summed E-state index contributed by atoms with van der Waals surface area (Å²) in [5, 5.41) is 9.44. The predicted molar refractivity (Wildman–Crippen MR) is 115 cm³/mol. The van der Waals surface area contributed by atoms with E-state index in [2.05, 4.69) is 21.2 Å². The van der Waals surface area contributed by atoms with Gasteiger partial charge in [0, 0.05) is 39.0 Å². The molecule has 0 aliphatic carbocycles. The largest absolute Gasteiger partial charge is 0.416 e. The molecule has 160 valence electrons. The van der Waals surface area contributed by atoms with E-state index in [-0.39, 0.29) is 11.7 Å². The van der Waals surface area contributed by atoms with Crippen LogP contribution in [0.4, 0.5) is 0 Å². The van der Waals surface area contributed by atoms with Gasteiger partial charge in [-0.25, -0.2) is 13.4 Å². The van der Waals surface area contributed by atoms with Crippen LogP contribution in [-0.2, 0) is 27.7 Å². The lowest BCUT2D eigenvalue weighted by molar-refractivity contribution is -0.129. The van der Waals surface area contributed by atoms with Gasteiger partial charge in [0.25, 0.3) is 5.22 Å². The highest BCUT2D eigenvalue weighted by Crippen LogP contribution is 2.23. The molecule has 4 rings (SSSR count). The molecule has 2 aromatic heterocycles. The fraction of sp³-hybridized carbons (Fsp3) is 0.444. The first-order chi connectivity index (χ1) is 14.4. The average Bonchev–Trinajstić information content (AvgIpc) is 3.36. The quantitative estimate of drug-likeness (QED) is 0.483. The molecule has 0 bridgehead atoms. The van der Waals surface area contributed by atoms with Crippen LogP contribution in [0.3, 0.4) is 0 Å². The fourth-order valence-corrected chi connectivity index (χ4v) is 5.60. The van der Waals surface area contributed by atoms with Crippen molar-refractivity contribution >= 4 is 49.2 Å². The molecule has 0 unspecified atom stereocenters. The Morgan fingerprint density at radius 3 is 2.67 bits per heavy atom. The highest BCUT2D eigenvalue weighted by atomic mass is 32.2. The van der Waals surface area contributed by atoms with Gasteiger partial charge in [0.1, 0.15) is 0 Å². The van der Waals surface area contributed by atoms with Crippen molar-refractivity contribution in [1.82, 2.24) is 24.4 Å². The Morgan fingerprint density at radius 1 is 1.17 bits per heavy atom. The molecule has 0 radical (unpaired) electrons. The average molecular weight is 468 g/mol. The molecule has 0 N–H and O–H groups in total. The van der Waals surface area contributed by atoms with Crippen LogP contribution in [0.5, 0.6) is 0 Å². The van der Waals surface area contributed by atoms with Gasteiger partial charge in [0.15, 0.2) is 0 Å². The Morgan fingerprint density at radius 2 is 1.93 bits per heavy atom. The first kappa shape index (κ1) is 21.2. The molecule has 1 amide bonds. The van der Waals surface area contributed by atoms with Gasteiger partial charge < -0.3 is 9.32 Å². The smallest absolute Gasteiger partial charge is 0.277 e. The molecular weight excluding hydrogens is 446 g/mol. The topological polar surface area (TPSA) is 110 Å². The van der Waals surface area contributed by atoms with Gasteiger partial charge in [0.05, 0.1) is 27.2 Å². The highest BCUT2D eigenvalue weighted by molar-refractivity contribution is 7.99. The summed E-state index contributed by atoms with van der Waals surface area (Å²) < 4.78 is 31.3. The number of hydrogen-bond donors (Lipinski definition) is 0. The zero-order valence-corrected chi connectivity index (χ0v) is 18.8. The van der Waals surface area contributed by atoms with E-state index in [1.165, 1.54) is 22.3 Å². The zero-order valence-electron chi connectivity index (χ0n) is 16.4. The molecule has 1 aliphatic heterocycles. The molecule has 9 nitrogen and oxygen atoms in total. The summed E-state index contributed by atoms with van der Waals surface area (Å²) in [6.07, 6.45) is 2.49. The number of thiazole rings is 1. The molecule has 0 saturated carbocycles. The van der Waals surface area contributed by atoms with Crippen LogP contribution in [0.15, 0.2) is 33.9 Å². The van der Waals surface area contributed by atoms with E-state index in [0.29, 0.717) is 43.7 Å². The van der Waals surface area contributed by atoms with E-state index < -0.39 is 10.0 Å². The van der Waals surface area contributed by atoms with Gasteiger partial charge in [-0.3, -0.25) is 4.79 Å². The summed E-state index contributed by atoms with van der Waals surface area (Å²) in [7, 11) is -3.21. The molecule has 0 spiro atoms. The third kappa shape index (κ3) is 5.17. The molecule has 1 saturated heterocycles. The van der Waals surface area contributed by atoms with Crippen molar-refractivity contribution in [2.45, 2.75) is 18.1 Å². The number of nitrogens with zero attached hydrogens (tertiary/aromatic N) is 5. The molecule has 1 aromatic carbocycles. The van der Waals surface area contributed by atoms with E-state index in [1.54, 1.807) is 16.2 Å². The minimum absolute atomic E-state index is 0.0672. The third-order valence-electron chi connectivity index (χ3n) is 4.72. The third-order valence-corrected chi connectivity index (χ3v) is 7.92. The molecule has 3 aromatic rings. The monoisotopic (exact) mass is 467 g/mol. The van der Waals surface area contributed by atoms with E-state index in [1.807, 2.05) is 18.2 Å². The summed E-state index contributed by atoms with van der Waals surface area (Å²) in [6, 6.07) is 8.02. The normalized spacial score (nSPS) is 15.7. The Bertz CT molecular complexity index is 1100. The van der Waals surface area contributed by atoms with Gasteiger partial charge in [-0.2, -0.15) is 4.31 Å². The molecule has 1 fully saturated rings. The van der Waals surface area contributed by atoms with Gasteiger partial charge in [-0.15, -0.1) is 21.5 Å². The van der Waals surface area contributed by atoms with Crippen LogP contribution in [0.2, 0.25) is 0 Å². The van der Waals surface area contributed by atoms with Gasteiger partial charge in [-0.05, 0) is 12.1 Å². The lowest BCUT2D eigenvalue weighted by Crippen LogP contribution is -2.50. The van der Waals surface area contributed by atoms with Crippen LogP contribution in [0.1, 0.15) is 10.9 Å². The van der Waals surface area contributed by atoms with Crippen LogP contribution in [0, 0.1) is 0 Å².